The van der Waals surface area contributed by atoms with E-state index in [2.05, 4.69) is 97.2 Å². The summed E-state index contributed by atoms with van der Waals surface area (Å²) in [5.41, 5.74) is 8.13. The lowest BCUT2D eigenvalue weighted by Crippen LogP contribution is -2.23. The molecule has 0 radical (unpaired) electrons. The van der Waals surface area contributed by atoms with Gasteiger partial charge < -0.3 is 0 Å². The Labute approximate surface area is 171 Å². The molecule has 0 aromatic carbocycles. The fourth-order valence-corrected chi connectivity index (χ4v) is 5.39. The predicted octanol–water partition coefficient (Wildman–Crippen LogP) is 7.70. The predicted molar refractivity (Wildman–Crippen MR) is 121 cm³/mol. The van der Waals surface area contributed by atoms with E-state index in [0.717, 1.165) is 12.8 Å². The number of allylic oxidation sites excluding steroid dienone is 16. The second-order valence-electron chi connectivity index (χ2n) is 8.23. The third-order valence-electron chi connectivity index (χ3n) is 6.26. The van der Waals surface area contributed by atoms with Crippen molar-refractivity contribution in [1.82, 2.24) is 0 Å². The van der Waals surface area contributed by atoms with Crippen molar-refractivity contribution in [2.75, 3.05) is 0 Å². The summed E-state index contributed by atoms with van der Waals surface area (Å²) in [5.74, 6) is 0.660. The zero-order valence-electron chi connectivity index (χ0n) is 15.8. The summed E-state index contributed by atoms with van der Waals surface area (Å²) in [6, 6.07) is 0. The van der Waals surface area contributed by atoms with Gasteiger partial charge in [-0.3, -0.25) is 0 Å². The summed E-state index contributed by atoms with van der Waals surface area (Å²) in [7, 11) is 0. The van der Waals surface area contributed by atoms with Gasteiger partial charge in [-0.25, -0.2) is 0 Å². The molecule has 4 aliphatic rings. The molecule has 4 aliphatic carbocycles. The van der Waals surface area contributed by atoms with Crippen molar-refractivity contribution in [3.05, 3.63) is 92.2 Å². The van der Waals surface area contributed by atoms with E-state index in [9.17, 15) is 0 Å². The average Bonchev–Trinajstić information content (AvgIpc) is 2.90. The highest BCUT2D eigenvalue weighted by atomic mass is 127. The second-order valence-corrected chi connectivity index (χ2v) is 9.39. The maximum absolute atomic E-state index is 2.47. The Morgan fingerprint density at radius 1 is 1.19 bits per heavy atom. The van der Waals surface area contributed by atoms with Crippen LogP contribution in [0.1, 0.15) is 46.0 Å². The topological polar surface area (TPSA) is 0 Å². The molecule has 0 aromatic rings. The SMILES string of the molecule is CC1(C)C2=C(CCC=C2)C2=CC=C(C/C=C\C(I)=C3\C=CC=CC3)CC21. The molecule has 0 N–H and O–H groups in total. The van der Waals surface area contributed by atoms with Crippen LogP contribution in [-0.2, 0) is 0 Å². The van der Waals surface area contributed by atoms with Crippen LogP contribution in [-0.4, -0.2) is 0 Å². The average molecular weight is 454 g/mol. The van der Waals surface area contributed by atoms with Gasteiger partial charge in [0.15, 0.2) is 0 Å². The number of hydrogen-bond acceptors (Lipinski definition) is 0. The van der Waals surface area contributed by atoms with Gasteiger partial charge in [0.25, 0.3) is 0 Å². The number of fused-ring (bicyclic) bond motifs is 2. The van der Waals surface area contributed by atoms with Gasteiger partial charge >= 0.3 is 0 Å². The van der Waals surface area contributed by atoms with Crippen molar-refractivity contribution < 1.29 is 0 Å². The van der Waals surface area contributed by atoms with Crippen LogP contribution in [0.2, 0.25) is 0 Å². The van der Waals surface area contributed by atoms with E-state index in [4.69, 9.17) is 0 Å². The maximum Gasteiger partial charge on any atom is 0.0162 e. The number of hydrogen-bond donors (Lipinski definition) is 0. The highest BCUT2D eigenvalue weighted by Crippen LogP contribution is 2.56. The van der Waals surface area contributed by atoms with Crippen molar-refractivity contribution in [1.29, 1.82) is 0 Å². The van der Waals surface area contributed by atoms with Crippen LogP contribution in [0.4, 0.5) is 0 Å². The normalized spacial score (nSPS) is 28.2. The molecule has 0 bridgehead atoms. The highest BCUT2D eigenvalue weighted by molar-refractivity contribution is 14.1. The quantitative estimate of drug-likeness (QED) is 0.384. The Morgan fingerprint density at radius 3 is 2.88 bits per heavy atom. The molecule has 0 heterocycles. The van der Waals surface area contributed by atoms with Crippen LogP contribution in [0.25, 0.3) is 0 Å². The monoisotopic (exact) mass is 454 g/mol. The summed E-state index contributed by atoms with van der Waals surface area (Å²) in [5, 5.41) is 0. The first-order valence-corrected chi connectivity index (χ1v) is 10.8. The van der Waals surface area contributed by atoms with Gasteiger partial charge in [-0.15, -0.1) is 0 Å². The molecule has 134 valence electrons. The summed E-state index contributed by atoms with van der Waals surface area (Å²) in [6.07, 6.45) is 28.7. The molecular formula is C25H27I. The fourth-order valence-electron chi connectivity index (χ4n) is 4.74. The number of rotatable bonds is 3. The molecule has 0 amide bonds. The van der Waals surface area contributed by atoms with Crippen LogP contribution in [0.15, 0.2) is 92.2 Å². The van der Waals surface area contributed by atoms with Gasteiger partial charge in [-0.2, -0.15) is 0 Å². The van der Waals surface area contributed by atoms with Crippen molar-refractivity contribution in [3.63, 3.8) is 0 Å². The minimum Gasteiger partial charge on any atom is -0.0839 e. The minimum atomic E-state index is 0.275. The lowest BCUT2D eigenvalue weighted by atomic mass is 9.71. The van der Waals surface area contributed by atoms with Gasteiger partial charge in [0.1, 0.15) is 0 Å². The molecule has 1 atom stereocenters. The molecule has 4 rings (SSSR count). The minimum absolute atomic E-state index is 0.275. The number of halogens is 1. The van der Waals surface area contributed by atoms with Crippen LogP contribution in [0.5, 0.6) is 0 Å². The van der Waals surface area contributed by atoms with Crippen molar-refractivity contribution >= 4 is 22.6 Å². The Kier molecular flexibility index (Phi) is 5.09. The van der Waals surface area contributed by atoms with E-state index >= 15 is 0 Å². The van der Waals surface area contributed by atoms with Crippen LogP contribution in [0, 0.1) is 11.3 Å². The second kappa shape index (κ2) is 7.34. The highest BCUT2D eigenvalue weighted by Gasteiger charge is 2.44. The lowest BCUT2D eigenvalue weighted by molar-refractivity contribution is 0.330. The molecule has 1 heteroatoms. The summed E-state index contributed by atoms with van der Waals surface area (Å²) >= 11 is 2.47. The molecule has 0 fully saturated rings. The van der Waals surface area contributed by atoms with E-state index in [1.807, 2.05) is 0 Å². The van der Waals surface area contributed by atoms with Gasteiger partial charge in [-0.05, 0) is 88.3 Å². The Hall–Kier alpha value is -1.35. The third kappa shape index (κ3) is 3.31. The molecule has 0 aromatic heterocycles. The molecule has 1 unspecified atom stereocenters. The first-order chi connectivity index (χ1) is 12.6. The van der Waals surface area contributed by atoms with Gasteiger partial charge in [0.05, 0.1) is 0 Å². The smallest absolute Gasteiger partial charge is 0.0162 e. The Balaban J connectivity index is 1.49. The maximum atomic E-state index is 2.47. The van der Waals surface area contributed by atoms with Crippen molar-refractivity contribution in [2.24, 2.45) is 11.3 Å². The summed E-state index contributed by atoms with van der Waals surface area (Å²) in [4.78, 5) is 0. The molecule has 0 aliphatic heterocycles. The zero-order valence-corrected chi connectivity index (χ0v) is 17.9. The van der Waals surface area contributed by atoms with Crippen molar-refractivity contribution in [3.8, 4) is 0 Å². The first-order valence-electron chi connectivity index (χ1n) is 9.76. The Bertz CT molecular complexity index is 847. The van der Waals surface area contributed by atoms with E-state index in [1.165, 1.54) is 28.4 Å². The van der Waals surface area contributed by atoms with Gasteiger partial charge in [-0.1, -0.05) is 80.2 Å². The van der Waals surface area contributed by atoms with Crippen LogP contribution >= 0.6 is 22.6 Å². The standard InChI is InChI=1S/C25H27I/c1-25(2)22-13-7-6-12-20(22)21-16-15-18(17-23(21)25)9-8-14-24(26)19-10-4-3-5-11-19/h3-5,7-8,10,13-16,23H,6,9,11-12,17H2,1-2H3/b14-8-,24-19+. The molecule has 0 spiro atoms. The molecule has 0 nitrogen and oxygen atoms in total. The van der Waals surface area contributed by atoms with E-state index in [1.54, 1.807) is 22.3 Å². The van der Waals surface area contributed by atoms with Crippen molar-refractivity contribution in [2.45, 2.75) is 46.0 Å². The first kappa shape index (κ1) is 18.0. The summed E-state index contributed by atoms with van der Waals surface area (Å²) < 4.78 is 1.36. The molecule has 0 saturated carbocycles. The van der Waals surface area contributed by atoms with Gasteiger partial charge in [0, 0.05) is 3.58 Å². The van der Waals surface area contributed by atoms with E-state index in [-0.39, 0.29) is 5.41 Å². The molecule has 0 saturated heterocycles. The fraction of sp³-hybridized carbons (Fsp3) is 0.360. The zero-order chi connectivity index (χ0) is 18.1. The van der Waals surface area contributed by atoms with Crippen LogP contribution in [0.3, 0.4) is 0 Å². The lowest BCUT2D eigenvalue weighted by Gasteiger charge is -2.32. The largest absolute Gasteiger partial charge is 0.0839 e. The van der Waals surface area contributed by atoms with E-state index < -0.39 is 0 Å². The molecular weight excluding hydrogens is 427 g/mol. The van der Waals surface area contributed by atoms with E-state index in [0.29, 0.717) is 5.92 Å². The van der Waals surface area contributed by atoms with Crippen LogP contribution < -0.4 is 0 Å². The Morgan fingerprint density at radius 2 is 2.08 bits per heavy atom. The summed E-state index contributed by atoms with van der Waals surface area (Å²) in [6.45, 7) is 4.89. The third-order valence-corrected chi connectivity index (χ3v) is 7.31. The molecule has 26 heavy (non-hydrogen) atoms. The van der Waals surface area contributed by atoms with Gasteiger partial charge in [0.2, 0.25) is 0 Å².